The SMILES string of the molecule is CC12CCC(CCCOCCN3CCCC3)C=C1CCC1C2CCC2(C)C(O)CCC12. The van der Waals surface area contributed by atoms with E-state index in [0.29, 0.717) is 5.41 Å². The van der Waals surface area contributed by atoms with Gasteiger partial charge >= 0.3 is 0 Å². The molecule has 0 aromatic carbocycles. The Morgan fingerprint density at radius 3 is 2.68 bits per heavy atom. The molecule has 0 spiro atoms. The van der Waals surface area contributed by atoms with Gasteiger partial charge in [-0.3, -0.25) is 0 Å². The molecule has 3 saturated carbocycles. The van der Waals surface area contributed by atoms with Gasteiger partial charge in [-0.2, -0.15) is 0 Å². The fourth-order valence-corrected chi connectivity index (χ4v) is 8.75. The van der Waals surface area contributed by atoms with Gasteiger partial charge in [0, 0.05) is 13.2 Å². The summed E-state index contributed by atoms with van der Waals surface area (Å²) in [7, 11) is 0. The van der Waals surface area contributed by atoms with Crippen molar-refractivity contribution in [1.29, 1.82) is 0 Å². The Balaban J connectivity index is 1.12. The van der Waals surface area contributed by atoms with Gasteiger partial charge < -0.3 is 14.7 Å². The number of allylic oxidation sites excluding steroid dienone is 2. The van der Waals surface area contributed by atoms with Crippen molar-refractivity contribution in [1.82, 2.24) is 4.90 Å². The Labute approximate surface area is 191 Å². The van der Waals surface area contributed by atoms with Crippen LogP contribution < -0.4 is 0 Å². The van der Waals surface area contributed by atoms with E-state index in [1.165, 1.54) is 83.7 Å². The molecule has 0 amide bonds. The Hall–Kier alpha value is -0.380. The molecule has 3 nitrogen and oxygen atoms in total. The van der Waals surface area contributed by atoms with Crippen LogP contribution in [0.4, 0.5) is 0 Å². The molecule has 7 unspecified atom stereocenters. The lowest BCUT2D eigenvalue weighted by molar-refractivity contribution is -0.0748. The summed E-state index contributed by atoms with van der Waals surface area (Å²) < 4.78 is 5.96. The third-order valence-corrected chi connectivity index (χ3v) is 10.8. The molecule has 0 aromatic heterocycles. The lowest BCUT2D eigenvalue weighted by Gasteiger charge is -2.58. The second-order valence-electron chi connectivity index (χ2n) is 12.3. The molecule has 3 heteroatoms. The Kier molecular flexibility index (Phi) is 6.58. The molecule has 1 heterocycles. The molecule has 31 heavy (non-hydrogen) atoms. The standard InChI is InChI=1S/C28H47NO2/c1-27-13-11-21(6-5-18-31-19-17-29-15-3-4-16-29)20-22(27)7-8-23-24-9-10-26(30)28(24,2)14-12-25(23)27/h20-21,23-26,30H,3-19H2,1-2H3. The predicted molar refractivity (Wildman–Crippen MR) is 127 cm³/mol. The van der Waals surface area contributed by atoms with Crippen molar-refractivity contribution in [3.05, 3.63) is 11.6 Å². The zero-order valence-electron chi connectivity index (χ0n) is 20.3. The van der Waals surface area contributed by atoms with Gasteiger partial charge in [-0.15, -0.1) is 0 Å². The van der Waals surface area contributed by atoms with Crippen LogP contribution in [0, 0.1) is 34.5 Å². The highest BCUT2D eigenvalue weighted by molar-refractivity contribution is 5.25. The smallest absolute Gasteiger partial charge is 0.0596 e. The molecule has 0 radical (unpaired) electrons. The van der Waals surface area contributed by atoms with Gasteiger partial charge in [-0.1, -0.05) is 25.5 Å². The van der Waals surface area contributed by atoms with Crippen LogP contribution in [0.25, 0.3) is 0 Å². The van der Waals surface area contributed by atoms with Gasteiger partial charge in [-0.05, 0) is 125 Å². The van der Waals surface area contributed by atoms with Crippen LogP contribution >= 0.6 is 0 Å². The first-order valence-electron chi connectivity index (χ1n) is 13.7. The minimum Gasteiger partial charge on any atom is -0.393 e. The van der Waals surface area contributed by atoms with E-state index in [2.05, 4.69) is 24.8 Å². The van der Waals surface area contributed by atoms with Gasteiger partial charge in [0.05, 0.1) is 12.7 Å². The number of rotatable bonds is 7. The second kappa shape index (κ2) is 9.11. The molecular weight excluding hydrogens is 382 g/mol. The zero-order chi connectivity index (χ0) is 21.5. The van der Waals surface area contributed by atoms with Crippen molar-refractivity contribution in [2.45, 2.75) is 97.0 Å². The van der Waals surface area contributed by atoms with E-state index in [9.17, 15) is 5.11 Å². The second-order valence-corrected chi connectivity index (χ2v) is 12.3. The first-order chi connectivity index (χ1) is 15.0. The highest BCUT2D eigenvalue weighted by Gasteiger charge is 2.58. The molecule has 1 saturated heterocycles. The van der Waals surface area contributed by atoms with Crippen molar-refractivity contribution in [3.63, 3.8) is 0 Å². The quantitative estimate of drug-likeness (QED) is 0.409. The normalized spacial score (nSPS) is 45.1. The highest BCUT2D eigenvalue weighted by atomic mass is 16.5. The Morgan fingerprint density at radius 1 is 1.00 bits per heavy atom. The lowest BCUT2D eigenvalue weighted by Crippen LogP contribution is -2.51. The van der Waals surface area contributed by atoms with E-state index in [0.717, 1.165) is 49.9 Å². The molecule has 1 N–H and O–H groups in total. The number of hydrogen-bond acceptors (Lipinski definition) is 3. The van der Waals surface area contributed by atoms with Gasteiger partial charge in [0.25, 0.3) is 0 Å². The number of hydrogen-bond donors (Lipinski definition) is 1. The number of aliphatic hydroxyl groups is 1. The summed E-state index contributed by atoms with van der Waals surface area (Å²) >= 11 is 0. The summed E-state index contributed by atoms with van der Waals surface area (Å²) in [5.74, 6) is 3.28. The first-order valence-corrected chi connectivity index (χ1v) is 13.7. The van der Waals surface area contributed by atoms with E-state index in [4.69, 9.17) is 4.74 Å². The van der Waals surface area contributed by atoms with Crippen LogP contribution in [0.15, 0.2) is 11.6 Å². The molecule has 176 valence electrons. The van der Waals surface area contributed by atoms with Crippen LogP contribution in [0.2, 0.25) is 0 Å². The van der Waals surface area contributed by atoms with Crippen LogP contribution in [0.1, 0.15) is 90.9 Å². The first kappa shape index (κ1) is 22.4. The summed E-state index contributed by atoms with van der Waals surface area (Å²) in [6.45, 7) is 10.6. The largest absolute Gasteiger partial charge is 0.393 e. The molecular formula is C28H47NO2. The number of likely N-dealkylation sites (tertiary alicyclic amines) is 1. The monoisotopic (exact) mass is 429 g/mol. The van der Waals surface area contributed by atoms with E-state index < -0.39 is 0 Å². The van der Waals surface area contributed by atoms with Crippen LogP contribution in [0.5, 0.6) is 0 Å². The average molecular weight is 430 g/mol. The maximum Gasteiger partial charge on any atom is 0.0596 e. The lowest BCUT2D eigenvalue weighted by atomic mass is 9.47. The molecule has 1 aliphatic heterocycles. The van der Waals surface area contributed by atoms with Crippen molar-refractivity contribution in [3.8, 4) is 0 Å². The van der Waals surface area contributed by atoms with Crippen LogP contribution in [0.3, 0.4) is 0 Å². The van der Waals surface area contributed by atoms with Crippen LogP contribution in [-0.4, -0.2) is 49.0 Å². The number of ether oxygens (including phenoxy) is 1. The van der Waals surface area contributed by atoms with Crippen molar-refractivity contribution >= 4 is 0 Å². The number of nitrogens with zero attached hydrogens (tertiary/aromatic N) is 1. The maximum atomic E-state index is 10.7. The van der Waals surface area contributed by atoms with E-state index in [-0.39, 0.29) is 11.5 Å². The maximum absolute atomic E-state index is 10.7. The molecule has 4 aliphatic carbocycles. The minimum atomic E-state index is -0.0449. The average Bonchev–Trinajstić information content (AvgIpc) is 3.38. The van der Waals surface area contributed by atoms with Crippen LogP contribution in [-0.2, 0) is 4.74 Å². The molecule has 0 bridgehead atoms. The Morgan fingerprint density at radius 2 is 1.84 bits per heavy atom. The summed E-state index contributed by atoms with van der Waals surface area (Å²) in [5.41, 5.74) is 2.47. The van der Waals surface area contributed by atoms with Gasteiger partial charge in [0.2, 0.25) is 0 Å². The van der Waals surface area contributed by atoms with Gasteiger partial charge in [0.15, 0.2) is 0 Å². The van der Waals surface area contributed by atoms with E-state index in [1.54, 1.807) is 0 Å². The summed E-state index contributed by atoms with van der Waals surface area (Å²) in [6, 6.07) is 0. The van der Waals surface area contributed by atoms with Crippen molar-refractivity contribution in [2.24, 2.45) is 34.5 Å². The minimum absolute atomic E-state index is 0.0449. The molecule has 7 atom stereocenters. The summed E-state index contributed by atoms with van der Waals surface area (Å²) in [6.07, 6.45) is 18.3. The molecule has 4 fully saturated rings. The molecule has 0 aromatic rings. The summed E-state index contributed by atoms with van der Waals surface area (Å²) in [5, 5.41) is 10.7. The molecule has 5 aliphatic rings. The number of fused-ring (bicyclic) bond motifs is 5. The zero-order valence-corrected chi connectivity index (χ0v) is 20.3. The Bertz CT molecular complexity index is 655. The topological polar surface area (TPSA) is 32.7 Å². The van der Waals surface area contributed by atoms with E-state index >= 15 is 0 Å². The fourth-order valence-electron chi connectivity index (χ4n) is 8.75. The van der Waals surface area contributed by atoms with Crippen molar-refractivity contribution < 1.29 is 9.84 Å². The third kappa shape index (κ3) is 4.17. The molecule has 5 rings (SSSR count). The van der Waals surface area contributed by atoms with Crippen molar-refractivity contribution in [2.75, 3.05) is 32.8 Å². The predicted octanol–water partition coefficient (Wildman–Crippen LogP) is 5.82. The third-order valence-electron chi connectivity index (χ3n) is 10.8. The summed E-state index contributed by atoms with van der Waals surface area (Å²) in [4.78, 5) is 2.54. The fraction of sp³-hybridized carbons (Fsp3) is 0.929. The van der Waals surface area contributed by atoms with Gasteiger partial charge in [0.1, 0.15) is 0 Å². The van der Waals surface area contributed by atoms with Gasteiger partial charge in [-0.25, -0.2) is 0 Å². The number of aliphatic hydroxyl groups excluding tert-OH is 1. The van der Waals surface area contributed by atoms with E-state index in [1.807, 2.05) is 5.57 Å². The highest BCUT2D eigenvalue weighted by Crippen LogP contribution is 2.65.